The maximum Gasteiger partial charge on any atom is 0.256 e. The van der Waals surface area contributed by atoms with Crippen molar-refractivity contribution in [2.75, 3.05) is 18.9 Å². The van der Waals surface area contributed by atoms with Crippen LogP contribution in [-0.2, 0) is 0 Å². The van der Waals surface area contributed by atoms with Crippen LogP contribution in [0.4, 0.5) is 10.1 Å². The molecule has 0 bridgehead atoms. The maximum atomic E-state index is 13.3. The van der Waals surface area contributed by atoms with Crippen LogP contribution in [0.1, 0.15) is 36.0 Å². The number of aliphatic hydroxyl groups is 1. The molecule has 5 heteroatoms. The minimum atomic E-state index is -0.465. The third-order valence-electron chi connectivity index (χ3n) is 3.58. The lowest BCUT2D eigenvalue weighted by atomic mass is 9.90. The van der Waals surface area contributed by atoms with Gasteiger partial charge in [0.25, 0.3) is 5.91 Å². The fraction of sp³-hybridized carbons (Fsp3) is 0.500. The molecule has 0 unspecified atom stereocenters. The molecule has 1 fully saturated rings. The zero-order chi connectivity index (χ0) is 13.8. The molecule has 1 amide bonds. The van der Waals surface area contributed by atoms with Crippen LogP contribution in [0.15, 0.2) is 18.2 Å². The van der Waals surface area contributed by atoms with Gasteiger partial charge in [0.05, 0.1) is 5.56 Å². The van der Waals surface area contributed by atoms with Gasteiger partial charge in [-0.25, -0.2) is 4.39 Å². The number of benzene rings is 1. The van der Waals surface area contributed by atoms with Crippen LogP contribution in [0, 0.1) is 5.82 Å². The molecule has 1 aliphatic rings. The minimum absolute atomic E-state index is 0.0368. The first kappa shape index (κ1) is 13.8. The first-order valence-electron chi connectivity index (χ1n) is 6.60. The Kier molecular flexibility index (Phi) is 4.37. The van der Waals surface area contributed by atoms with E-state index >= 15 is 0 Å². The summed E-state index contributed by atoms with van der Waals surface area (Å²) < 4.78 is 13.3. The summed E-state index contributed by atoms with van der Waals surface area (Å²) >= 11 is 0. The summed E-state index contributed by atoms with van der Waals surface area (Å²) in [6, 6.07) is 4.03. The van der Waals surface area contributed by atoms with E-state index < -0.39 is 5.82 Å². The molecule has 0 spiro atoms. The molecule has 1 saturated carbocycles. The summed E-state index contributed by atoms with van der Waals surface area (Å²) in [6.07, 6.45) is 3.56. The van der Waals surface area contributed by atoms with Gasteiger partial charge in [-0.1, -0.05) is 0 Å². The van der Waals surface area contributed by atoms with Crippen molar-refractivity contribution >= 4 is 11.6 Å². The molecule has 0 atom stereocenters. The van der Waals surface area contributed by atoms with Crippen molar-refractivity contribution in [2.45, 2.75) is 31.7 Å². The average molecular weight is 266 g/mol. The van der Waals surface area contributed by atoms with E-state index in [4.69, 9.17) is 10.8 Å². The Labute approximate surface area is 112 Å². The quantitative estimate of drug-likeness (QED) is 0.798. The van der Waals surface area contributed by atoms with Crippen molar-refractivity contribution < 1.29 is 14.3 Å². The van der Waals surface area contributed by atoms with Crippen LogP contribution in [-0.4, -0.2) is 35.1 Å². The van der Waals surface area contributed by atoms with Gasteiger partial charge in [-0.05, 0) is 43.9 Å². The molecule has 19 heavy (non-hydrogen) atoms. The van der Waals surface area contributed by atoms with Gasteiger partial charge in [-0.2, -0.15) is 0 Å². The van der Waals surface area contributed by atoms with Crippen LogP contribution in [0.5, 0.6) is 0 Å². The predicted molar refractivity (Wildman–Crippen MR) is 71.2 cm³/mol. The second-order valence-corrected chi connectivity index (χ2v) is 4.89. The SMILES string of the molecule is Nc1ccc(F)cc1C(=O)N(CCCO)C1CCC1. The summed E-state index contributed by atoms with van der Waals surface area (Å²) in [5.74, 6) is -0.705. The molecule has 1 aromatic rings. The molecule has 1 aliphatic carbocycles. The fourth-order valence-corrected chi connectivity index (χ4v) is 2.26. The van der Waals surface area contributed by atoms with Gasteiger partial charge < -0.3 is 15.7 Å². The smallest absolute Gasteiger partial charge is 0.256 e. The van der Waals surface area contributed by atoms with Gasteiger partial charge in [-0.15, -0.1) is 0 Å². The van der Waals surface area contributed by atoms with Gasteiger partial charge in [0.15, 0.2) is 0 Å². The number of nitrogens with zero attached hydrogens (tertiary/aromatic N) is 1. The van der Waals surface area contributed by atoms with Crippen molar-refractivity contribution in [1.82, 2.24) is 4.90 Å². The molecular formula is C14H19FN2O2. The average Bonchev–Trinajstić information content (AvgIpc) is 2.34. The lowest BCUT2D eigenvalue weighted by Crippen LogP contribution is -2.45. The number of amides is 1. The topological polar surface area (TPSA) is 66.6 Å². The highest BCUT2D eigenvalue weighted by Crippen LogP contribution is 2.27. The Bertz CT molecular complexity index is 461. The summed E-state index contributed by atoms with van der Waals surface area (Å²) in [5.41, 5.74) is 6.26. The Hall–Kier alpha value is -1.62. The number of hydrogen-bond donors (Lipinski definition) is 2. The van der Waals surface area contributed by atoms with E-state index in [1.54, 1.807) is 4.90 Å². The number of nitrogens with two attached hydrogens (primary N) is 1. The second kappa shape index (κ2) is 6.02. The molecule has 0 aliphatic heterocycles. The summed E-state index contributed by atoms with van der Waals surface area (Å²) in [5, 5.41) is 8.92. The van der Waals surface area contributed by atoms with E-state index in [1.807, 2.05) is 0 Å². The first-order chi connectivity index (χ1) is 9.13. The van der Waals surface area contributed by atoms with E-state index in [2.05, 4.69) is 0 Å². The molecule has 1 aromatic carbocycles. The fourth-order valence-electron chi connectivity index (χ4n) is 2.26. The van der Waals surface area contributed by atoms with Crippen LogP contribution >= 0.6 is 0 Å². The highest BCUT2D eigenvalue weighted by atomic mass is 19.1. The Morgan fingerprint density at radius 3 is 2.79 bits per heavy atom. The number of carbonyl (C=O) groups is 1. The van der Waals surface area contributed by atoms with Crippen LogP contribution < -0.4 is 5.73 Å². The van der Waals surface area contributed by atoms with E-state index in [1.165, 1.54) is 18.2 Å². The van der Waals surface area contributed by atoms with Crippen LogP contribution in [0.3, 0.4) is 0 Å². The lowest BCUT2D eigenvalue weighted by Gasteiger charge is -2.37. The summed E-state index contributed by atoms with van der Waals surface area (Å²) in [4.78, 5) is 14.2. The molecule has 0 heterocycles. The van der Waals surface area contributed by atoms with Crippen molar-refractivity contribution in [3.63, 3.8) is 0 Å². The van der Waals surface area contributed by atoms with Crippen molar-refractivity contribution in [3.05, 3.63) is 29.6 Å². The lowest BCUT2D eigenvalue weighted by molar-refractivity contribution is 0.0563. The number of hydrogen-bond acceptors (Lipinski definition) is 3. The van der Waals surface area contributed by atoms with Gasteiger partial charge in [0, 0.05) is 24.9 Å². The second-order valence-electron chi connectivity index (χ2n) is 4.89. The third-order valence-corrected chi connectivity index (χ3v) is 3.58. The van der Waals surface area contributed by atoms with Gasteiger partial charge in [0.2, 0.25) is 0 Å². The molecule has 0 radical (unpaired) electrons. The van der Waals surface area contributed by atoms with Gasteiger partial charge in [-0.3, -0.25) is 4.79 Å². The molecular weight excluding hydrogens is 247 g/mol. The Morgan fingerprint density at radius 2 is 2.21 bits per heavy atom. The van der Waals surface area contributed by atoms with E-state index in [9.17, 15) is 9.18 Å². The van der Waals surface area contributed by atoms with Crippen molar-refractivity contribution in [3.8, 4) is 0 Å². The molecule has 3 N–H and O–H groups in total. The number of halogens is 1. The summed E-state index contributed by atoms with van der Waals surface area (Å²) in [6.45, 7) is 0.519. The molecule has 0 aromatic heterocycles. The zero-order valence-corrected chi connectivity index (χ0v) is 10.8. The minimum Gasteiger partial charge on any atom is -0.398 e. The van der Waals surface area contributed by atoms with Crippen molar-refractivity contribution in [2.24, 2.45) is 0 Å². The Balaban J connectivity index is 2.19. The number of nitrogen functional groups attached to an aromatic ring is 1. The molecule has 4 nitrogen and oxygen atoms in total. The van der Waals surface area contributed by atoms with Gasteiger partial charge in [0.1, 0.15) is 5.82 Å². The highest BCUT2D eigenvalue weighted by molar-refractivity contribution is 5.99. The number of rotatable bonds is 5. The number of carbonyl (C=O) groups excluding carboxylic acids is 1. The van der Waals surface area contributed by atoms with Crippen molar-refractivity contribution in [1.29, 1.82) is 0 Å². The van der Waals surface area contributed by atoms with E-state index in [-0.39, 0.29) is 24.1 Å². The molecule has 2 rings (SSSR count). The summed E-state index contributed by atoms with van der Waals surface area (Å²) in [7, 11) is 0. The third kappa shape index (κ3) is 3.04. The van der Waals surface area contributed by atoms with E-state index in [0.29, 0.717) is 18.7 Å². The number of anilines is 1. The molecule has 104 valence electrons. The maximum absolute atomic E-state index is 13.3. The largest absolute Gasteiger partial charge is 0.398 e. The highest BCUT2D eigenvalue weighted by Gasteiger charge is 2.29. The zero-order valence-electron chi connectivity index (χ0n) is 10.8. The number of aliphatic hydroxyl groups excluding tert-OH is 1. The Morgan fingerprint density at radius 1 is 1.47 bits per heavy atom. The predicted octanol–water partition coefficient (Wildman–Crippen LogP) is 1.79. The van der Waals surface area contributed by atoms with E-state index in [0.717, 1.165) is 19.3 Å². The van der Waals surface area contributed by atoms with Crippen LogP contribution in [0.25, 0.3) is 0 Å². The van der Waals surface area contributed by atoms with Crippen LogP contribution in [0.2, 0.25) is 0 Å². The standard InChI is InChI=1S/C14H19FN2O2/c15-10-5-6-13(16)12(9-10)14(19)17(7-2-8-18)11-3-1-4-11/h5-6,9,11,18H,1-4,7-8,16H2. The van der Waals surface area contributed by atoms with Gasteiger partial charge >= 0.3 is 0 Å². The monoisotopic (exact) mass is 266 g/mol. The molecule has 0 saturated heterocycles. The normalized spacial score (nSPS) is 15.1. The first-order valence-corrected chi connectivity index (χ1v) is 6.60.